The van der Waals surface area contributed by atoms with Crippen molar-refractivity contribution in [3.05, 3.63) is 59.7 Å². The minimum Gasteiger partial charge on any atom is -0.316 e. The van der Waals surface area contributed by atoms with E-state index in [0.717, 1.165) is 17.8 Å². The molecule has 3 nitrogen and oxygen atoms in total. The van der Waals surface area contributed by atoms with Crippen molar-refractivity contribution in [3.63, 3.8) is 0 Å². The van der Waals surface area contributed by atoms with Crippen molar-refractivity contribution in [1.29, 1.82) is 5.41 Å². The highest BCUT2D eigenvalue weighted by Crippen LogP contribution is 2.27. The van der Waals surface area contributed by atoms with Crippen molar-refractivity contribution >= 4 is 17.3 Å². The Kier molecular flexibility index (Phi) is 5.43. The molecule has 2 aromatic rings. The van der Waals surface area contributed by atoms with Crippen LogP contribution in [0.5, 0.6) is 0 Å². The first-order chi connectivity index (χ1) is 11.0. The lowest BCUT2D eigenvalue weighted by molar-refractivity contribution is 0.862. The van der Waals surface area contributed by atoms with E-state index >= 15 is 0 Å². The second-order valence-corrected chi connectivity index (χ2v) is 6.18. The summed E-state index contributed by atoms with van der Waals surface area (Å²) in [4.78, 5) is 3.88. The van der Waals surface area contributed by atoms with E-state index in [1.807, 2.05) is 30.0 Å². The Hall–Kier alpha value is -2.29. The summed E-state index contributed by atoms with van der Waals surface area (Å²) in [5.41, 5.74) is 4.68. The van der Waals surface area contributed by atoms with Gasteiger partial charge in [-0.3, -0.25) is 5.41 Å². The number of hydrogen-bond donors (Lipinski definition) is 1. The first-order valence-corrected chi connectivity index (χ1v) is 8.19. The molecule has 0 amide bonds. The standard InChI is InChI=1S/C20H27N3/c1-6-16-10-9-11-17(14-16)22(4)20(21)23(5)19-13-8-7-12-18(19)15(2)3/h7-15,21H,6H2,1-5H3. The van der Waals surface area contributed by atoms with E-state index in [4.69, 9.17) is 5.41 Å². The zero-order valence-corrected chi connectivity index (χ0v) is 14.8. The van der Waals surface area contributed by atoms with E-state index in [9.17, 15) is 0 Å². The molecule has 0 spiro atoms. The summed E-state index contributed by atoms with van der Waals surface area (Å²) in [6.45, 7) is 6.52. The van der Waals surface area contributed by atoms with E-state index in [-0.39, 0.29) is 0 Å². The molecule has 0 aliphatic rings. The predicted octanol–water partition coefficient (Wildman–Crippen LogP) is 4.88. The van der Waals surface area contributed by atoms with Crippen molar-refractivity contribution in [3.8, 4) is 0 Å². The Morgan fingerprint density at radius 3 is 2.35 bits per heavy atom. The Morgan fingerprint density at radius 2 is 1.70 bits per heavy atom. The molecule has 3 heteroatoms. The first-order valence-electron chi connectivity index (χ1n) is 8.19. The highest BCUT2D eigenvalue weighted by molar-refractivity contribution is 6.04. The summed E-state index contributed by atoms with van der Waals surface area (Å²) >= 11 is 0. The molecule has 1 N–H and O–H groups in total. The van der Waals surface area contributed by atoms with Crippen LogP contribution in [0, 0.1) is 5.41 Å². The van der Waals surface area contributed by atoms with Gasteiger partial charge < -0.3 is 9.80 Å². The van der Waals surface area contributed by atoms with Gasteiger partial charge in [0.2, 0.25) is 5.96 Å². The lowest BCUT2D eigenvalue weighted by Crippen LogP contribution is -2.40. The lowest BCUT2D eigenvalue weighted by Gasteiger charge is -2.30. The van der Waals surface area contributed by atoms with Crippen LogP contribution in [0.1, 0.15) is 37.8 Å². The van der Waals surface area contributed by atoms with Crippen LogP contribution in [-0.2, 0) is 6.42 Å². The summed E-state index contributed by atoms with van der Waals surface area (Å²) in [5.74, 6) is 0.890. The SMILES string of the molecule is CCc1cccc(N(C)C(=N)N(C)c2ccccc2C(C)C)c1. The molecule has 0 heterocycles. The Balaban J connectivity index is 2.29. The number of hydrogen-bond acceptors (Lipinski definition) is 1. The number of para-hydroxylation sites is 1. The third-order valence-corrected chi connectivity index (χ3v) is 4.26. The highest BCUT2D eigenvalue weighted by atomic mass is 15.3. The number of aryl methyl sites for hydroxylation is 1. The lowest BCUT2D eigenvalue weighted by atomic mass is 10.0. The minimum absolute atomic E-state index is 0.426. The second kappa shape index (κ2) is 7.32. The van der Waals surface area contributed by atoms with Crippen molar-refractivity contribution in [1.82, 2.24) is 0 Å². The van der Waals surface area contributed by atoms with Gasteiger partial charge in [0.15, 0.2) is 0 Å². The largest absolute Gasteiger partial charge is 0.316 e. The first kappa shape index (κ1) is 17.1. The molecule has 0 aromatic heterocycles. The van der Waals surface area contributed by atoms with Gasteiger partial charge in [0, 0.05) is 25.5 Å². The van der Waals surface area contributed by atoms with Crippen LogP contribution in [0.4, 0.5) is 11.4 Å². The van der Waals surface area contributed by atoms with Crippen LogP contribution in [0.3, 0.4) is 0 Å². The number of rotatable bonds is 4. The summed E-state index contributed by atoms with van der Waals surface area (Å²) in [5, 5.41) is 8.59. The van der Waals surface area contributed by atoms with Gasteiger partial charge in [-0.15, -0.1) is 0 Å². The quantitative estimate of drug-likeness (QED) is 0.644. The zero-order valence-electron chi connectivity index (χ0n) is 14.8. The van der Waals surface area contributed by atoms with Crippen molar-refractivity contribution in [2.45, 2.75) is 33.1 Å². The fourth-order valence-electron chi connectivity index (χ4n) is 2.73. The fraction of sp³-hybridized carbons (Fsp3) is 0.350. The van der Waals surface area contributed by atoms with Gasteiger partial charge in [-0.2, -0.15) is 0 Å². The molecule has 0 saturated carbocycles. The Bertz CT molecular complexity index is 676. The maximum atomic E-state index is 8.59. The minimum atomic E-state index is 0.426. The molecular formula is C20H27N3. The van der Waals surface area contributed by atoms with Gasteiger partial charge >= 0.3 is 0 Å². The second-order valence-electron chi connectivity index (χ2n) is 6.18. The zero-order chi connectivity index (χ0) is 17.0. The van der Waals surface area contributed by atoms with Gasteiger partial charge in [-0.05, 0) is 41.7 Å². The average Bonchev–Trinajstić information content (AvgIpc) is 2.59. The Morgan fingerprint density at radius 1 is 1.00 bits per heavy atom. The molecule has 0 fully saturated rings. The predicted molar refractivity (Wildman–Crippen MR) is 101 cm³/mol. The van der Waals surface area contributed by atoms with Crippen molar-refractivity contribution in [2.75, 3.05) is 23.9 Å². The number of anilines is 2. The van der Waals surface area contributed by atoms with E-state index in [1.54, 1.807) is 0 Å². The normalized spacial score (nSPS) is 10.7. The van der Waals surface area contributed by atoms with Crippen LogP contribution in [0.2, 0.25) is 0 Å². The monoisotopic (exact) mass is 309 g/mol. The topological polar surface area (TPSA) is 30.3 Å². The number of nitrogens with zero attached hydrogens (tertiary/aromatic N) is 2. The van der Waals surface area contributed by atoms with Gasteiger partial charge in [-0.25, -0.2) is 0 Å². The summed E-state index contributed by atoms with van der Waals surface area (Å²) in [6, 6.07) is 16.7. The summed E-state index contributed by atoms with van der Waals surface area (Å²) in [7, 11) is 3.91. The summed E-state index contributed by atoms with van der Waals surface area (Å²) in [6.07, 6.45) is 1.00. The number of benzene rings is 2. The molecule has 0 unspecified atom stereocenters. The molecule has 23 heavy (non-hydrogen) atoms. The molecule has 0 atom stereocenters. The van der Waals surface area contributed by atoms with Gasteiger partial charge in [0.1, 0.15) is 0 Å². The van der Waals surface area contributed by atoms with Crippen LogP contribution in [0.25, 0.3) is 0 Å². The maximum Gasteiger partial charge on any atom is 0.202 e. The molecule has 2 aromatic carbocycles. The molecule has 122 valence electrons. The van der Waals surface area contributed by atoms with Crippen LogP contribution in [0.15, 0.2) is 48.5 Å². The molecule has 2 rings (SSSR count). The Labute approximate surface area is 140 Å². The molecule has 0 aliphatic heterocycles. The fourth-order valence-corrected chi connectivity index (χ4v) is 2.73. The number of nitrogens with one attached hydrogen (secondary N) is 1. The summed E-state index contributed by atoms with van der Waals surface area (Å²) < 4.78 is 0. The molecule has 0 bridgehead atoms. The van der Waals surface area contributed by atoms with E-state index in [2.05, 4.69) is 63.2 Å². The van der Waals surface area contributed by atoms with Gasteiger partial charge in [-0.1, -0.05) is 51.1 Å². The molecule has 0 aliphatic carbocycles. The van der Waals surface area contributed by atoms with Crippen LogP contribution in [-0.4, -0.2) is 20.1 Å². The number of guanidine groups is 1. The van der Waals surface area contributed by atoms with Crippen molar-refractivity contribution < 1.29 is 0 Å². The van der Waals surface area contributed by atoms with Crippen LogP contribution < -0.4 is 9.80 Å². The molecule has 0 radical (unpaired) electrons. The molecular weight excluding hydrogens is 282 g/mol. The highest BCUT2D eigenvalue weighted by Gasteiger charge is 2.17. The third kappa shape index (κ3) is 3.73. The third-order valence-electron chi connectivity index (χ3n) is 4.26. The maximum absolute atomic E-state index is 8.59. The smallest absolute Gasteiger partial charge is 0.202 e. The molecule has 0 saturated heterocycles. The van der Waals surface area contributed by atoms with E-state index in [1.165, 1.54) is 11.1 Å². The van der Waals surface area contributed by atoms with Crippen molar-refractivity contribution in [2.24, 2.45) is 0 Å². The van der Waals surface area contributed by atoms with Gasteiger partial charge in [0.25, 0.3) is 0 Å². The van der Waals surface area contributed by atoms with Crippen LogP contribution >= 0.6 is 0 Å². The van der Waals surface area contributed by atoms with E-state index < -0.39 is 0 Å². The average molecular weight is 309 g/mol. The van der Waals surface area contributed by atoms with Gasteiger partial charge in [0.05, 0.1) is 0 Å². The van der Waals surface area contributed by atoms with E-state index in [0.29, 0.717) is 11.9 Å².